The van der Waals surface area contributed by atoms with Crippen molar-refractivity contribution < 1.29 is 14.1 Å². The maximum atomic E-state index is 2.23. The maximum Gasteiger partial charge on any atom is -1.00 e. The van der Waals surface area contributed by atoms with Gasteiger partial charge in [0.1, 0.15) is 0 Å². The topological polar surface area (TPSA) is 0 Å². The first-order chi connectivity index (χ1) is 2.41. The van der Waals surface area contributed by atoms with Gasteiger partial charge in [-0.05, 0) is 0 Å². The minimum absolute atomic E-state index is 0. The van der Waals surface area contributed by atoms with E-state index < -0.39 is 0 Å². The number of hydrogen-bond donors (Lipinski definition) is 0. The first-order valence-corrected chi connectivity index (χ1v) is 4.08. The van der Waals surface area contributed by atoms with Crippen LogP contribution < -0.4 is 14.1 Å². The molecule has 0 aliphatic rings. The van der Waals surface area contributed by atoms with Crippen LogP contribution in [-0.4, -0.2) is 22.5 Å². The van der Waals surface area contributed by atoms with Crippen molar-refractivity contribution in [2.24, 2.45) is 0 Å². The monoisotopic (exact) mass is 234 g/mol. The standard InChI is InChI=1S/C4H9.3FH.Sn/c1-3-4-2;;;;/h1,3-4H2,2H3;3*1H;/q;;;;+3/p-3. The van der Waals surface area contributed by atoms with Crippen LogP contribution in [0, 0.1) is 0 Å². The van der Waals surface area contributed by atoms with Crippen LogP contribution in [0.2, 0.25) is 4.44 Å². The maximum absolute atomic E-state index is 2.23. The molecule has 0 atom stereocenters. The van der Waals surface area contributed by atoms with Crippen LogP contribution >= 0.6 is 0 Å². The van der Waals surface area contributed by atoms with Crippen LogP contribution in [0.1, 0.15) is 19.8 Å². The number of rotatable bonds is 2. The summed E-state index contributed by atoms with van der Waals surface area (Å²) in [4.78, 5) is 0. The molecular weight excluding hydrogens is 224 g/mol. The largest absolute Gasteiger partial charge is 1.00 e. The molecule has 0 aromatic rings. The second-order valence-electron chi connectivity index (χ2n) is 1.10. The van der Waals surface area contributed by atoms with Gasteiger partial charge in [0.2, 0.25) is 0 Å². The molecule has 4 heteroatoms. The van der Waals surface area contributed by atoms with E-state index in [2.05, 4.69) is 6.92 Å². The van der Waals surface area contributed by atoms with Crippen molar-refractivity contribution in [3.63, 3.8) is 0 Å². The van der Waals surface area contributed by atoms with Crippen LogP contribution in [0.15, 0.2) is 0 Å². The molecule has 0 N–H and O–H groups in total. The fourth-order valence-corrected chi connectivity index (χ4v) is 1.19. The molecule has 0 radical (unpaired) electrons. The Labute approximate surface area is 61.2 Å². The summed E-state index contributed by atoms with van der Waals surface area (Å²) in [6, 6.07) is 0. The third-order valence-electron chi connectivity index (χ3n) is 0.530. The fourth-order valence-electron chi connectivity index (χ4n) is 0.177. The molecule has 0 aromatic carbocycles. The van der Waals surface area contributed by atoms with Crippen LogP contribution in [0.3, 0.4) is 0 Å². The van der Waals surface area contributed by atoms with Crippen molar-refractivity contribution in [1.82, 2.24) is 0 Å². The molecule has 0 bridgehead atoms. The van der Waals surface area contributed by atoms with Crippen molar-refractivity contribution in [3.8, 4) is 0 Å². The number of hydrogen-bond acceptors (Lipinski definition) is 0. The van der Waals surface area contributed by atoms with Gasteiger partial charge < -0.3 is 14.1 Å². The average molecular weight is 233 g/mol. The van der Waals surface area contributed by atoms with Crippen LogP contribution in [0.4, 0.5) is 0 Å². The number of halogens is 3. The minimum atomic E-state index is 0. The van der Waals surface area contributed by atoms with Crippen molar-refractivity contribution >= 4 is 22.5 Å². The molecule has 0 amide bonds. The van der Waals surface area contributed by atoms with E-state index in [4.69, 9.17) is 0 Å². The molecule has 0 saturated heterocycles. The van der Waals surface area contributed by atoms with Crippen molar-refractivity contribution in [2.75, 3.05) is 0 Å². The Balaban J connectivity index is -0.0000000267. The average Bonchev–Trinajstić information content (AvgIpc) is 1.41. The van der Waals surface area contributed by atoms with Gasteiger partial charge in [0, 0.05) is 0 Å². The smallest absolute Gasteiger partial charge is 1.00 e. The van der Waals surface area contributed by atoms with Crippen LogP contribution in [0.25, 0.3) is 0 Å². The minimum Gasteiger partial charge on any atom is -1.00 e. The SMILES string of the molecule is CCC[CH2][Sn+3].[F-].[F-].[F-]. The molecule has 8 heavy (non-hydrogen) atoms. The molecule has 0 nitrogen and oxygen atoms in total. The summed E-state index contributed by atoms with van der Waals surface area (Å²) in [5.74, 6) is 0. The second kappa shape index (κ2) is 25.6. The van der Waals surface area contributed by atoms with Crippen molar-refractivity contribution in [3.05, 3.63) is 0 Å². The molecular formula is C4H9F3Sn. The van der Waals surface area contributed by atoms with E-state index in [1.165, 1.54) is 17.3 Å². The summed E-state index contributed by atoms with van der Waals surface area (Å²) in [5.41, 5.74) is 0. The van der Waals surface area contributed by atoms with Gasteiger partial charge in [-0.2, -0.15) is 0 Å². The summed E-state index contributed by atoms with van der Waals surface area (Å²) < 4.78 is 1.43. The third-order valence-corrected chi connectivity index (χ3v) is 1.54. The van der Waals surface area contributed by atoms with Crippen molar-refractivity contribution in [2.45, 2.75) is 24.2 Å². The normalized spacial score (nSPS) is 5.38. The molecule has 0 spiro atoms. The van der Waals surface area contributed by atoms with Gasteiger partial charge in [-0.3, -0.25) is 0 Å². The van der Waals surface area contributed by atoms with E-state index in [0.717, 1.165) is 0 Å². The molecule has 0 saturated carbocycles. The van der Waals surface area contributed by atoms with Gasteiger partial charge in [-0.1, -0.05) is 0 Å². The molecule has 0 aromatic heterocycles. The van der Waals surface area contributed by atoms with E-state index in [1.54, 1.807) is 22.5 Å². The number of unbranched alkanes of at least 4 members (excludes halogenated alkanes) is 1. The Bertz CT molecular complexity index is 18.8. The van der Waals surface area contributed by atoms with Gasteiger partial charge in [0.05, 0.1) is 0 Å². The third kappa shape index (κ3) is 30.7. The Morgan fingerprint density at radius 1 is 1.12 bits per heavy atom. The zero-order valence-electron chi connectivity index (χ0n) is 4.76. The van der Waals surface area contributed by atoms with Gasteiger partial charge in [-0.15, -0.1) is 0 Å². The summed E-state index contributed by atoms with van der Waals surface area (Å²) in [5, 5.41) is 0. The predicted octanol–water partition coefficient (Wildman–Crippen LogP) is -7.61. The molecule has 0 aliphatic heterocycles. The molecule has 0 rings (SSSR count). The van der Waals surface area contributed by atoms with E-state index in [0.29, 0.717) is 0 Å². The van der Waals surface area contributed by atoms with Gasteiger partial charge >= 0.3 is 46.7 Å². The fraction of sp³-hybridized carbons (Fsp3) is 1.00. The Kier molecular flexibility index (Phi) is 75.1. The molecule has 0 aliphatic carbocycles. The summed E-state index contributed by atoms with van der Waals surface area (Å²) in [7, 11) is 0. The summed E-state index contributed by atoms with van der Waals surface area (Å²) in [6.45, 7) is 2.23. The van der Waals surface area contributed by atoms with Gasteiger partial charge in [0.15, 0.2) is 0 Å². The molecule has 0 heterocycles. The van der Waals surface area contributed by atoms with E-state index in [1.807, 2.05) is 0 Å². The Hall–Kier alpha value is 0.589. The Morgan fingerprint density at radius 2 is 1.50 bits per heavy atom. The van der Waals surface area contributed by atoms with E-state index in [-0.39, 0.29) is 14.1 Å². The van der Waals surface area contributed by atoms with Gasteiger partial charge in [-0.25, -0.2) is 0 Å². The van der Waals surface area contributed by atoms with Crippen LogP contribution in [0.5, 0.6) is 0 Å². The van der Waals surface area contributed by atoms with Gasteiger partial charge in [0.25, 0.3) is 0 Å². The Morgan fingerprint density at radius 3 is 1.50 bits per heavy atom. The molecule has 50 valence electrons. The van der Waals surface area contributed by atoms with Crippen LogP contribution in [-0.2, 0) is 0 Å². The summed E-state index contributed by atoms with van der Waals surface area (Å²) >= 11 is 1.68. The zero-order valence-corrected chi connectivity index (χ0v) is 7.61. The van der Waals surface area contributed by atoms with E-state index >= 15 is 0 Å². The summed E-state index contributed by atoms with van der Waals surface area (Å²) in [6.07, 6.45) is 2.80. The van der Waals surface area contributed by atoms with Crippen molar-refractivity contribution in [1.29, 1.82) is 0 Å². The first kappa shape index (κ1) is 23.5. The molecule has 0 unspecified atom stereocenters. The quantitative estimate of drug-likeness (QED) is 0.415. The molecule has 0 fully saturated rings. The predicted molar refractivity (Wildman–Crippen MR) is 25.5 cm³/mol. The second-order valence-corrected chi connectivity index (χ2v) is 2.53. The first-order valence-electron chi connectivity index (χ1n) is 2.06. The zero-order chi connectivity index (χ0) is 4.12. The van der Waals surface area contributed by atoms with E-state index in [9.17, 15) is 0 Å².